The number of aromatic nitrogens is 1. The van der Waals surface area contributed by atoms with Gasteiger partial charge in [0.1, 0.15) is 11.5 Å². The summed E-state index contributed by atoms with van der Waals surface area (Å²) in [7, 11) is 1.70. The molecule has 1 heterocycles. The number of benzene rings is 2. The Morgan fingerprint density at radius 3 is 2.59 bits per heavy atom. The van der Waals surface area contributed by atoms with Crippen molar-refractivity contribution in [2.75, 3.05) is 13.7 Å². The third-order valence-corrected chi connectivity index (χ3v) is 3.78. The van der Waals surface area contributed by atoms with Crippen LogP contribution in [-0.2, 0) is 6.54 Å². The third-order valence-electron chi connectivity index (χ3n) is 3.78. The number of fused-ring (bicyclic) bond motifs is 1. The molecule has 0 aliphatic rings. The van der Waals surface area contributed by atoms with Crippen LogP contribution >= 0.6 is 0 Å². The van der Waals surface area contributed by atoms with Crippen LogP contribution in [0, 0.1) is 0 Å². The van der Waals surface area contributed by atoms with Gasteiger partial charge < -0.3 is 14.0 Å². The Morgan fingerprint density at radius 2 is 1.77 bits per heavy atom. The Bertz CT molecular complexity index is 719. The molecule has 0 spiro atoms. The van der Waals surface area contributed by atoms with Gasteiger partial charge in [0.25, 0.3) is 0 Å². The van der Waals surface area contributed by atoms with E-state index in [1.54, 1.807) is 7.11 Å². The molecule has 0 N–H and O–H groups in total. The largest absolute Gasteiger partial charge is 0.497 e. The lowest BCUT2D eigenvalue weighted by molar-refractivity contribution is 0.303. The lowest BCUT2D eigenvalue weighted by atomic mass is 10.2. The van der Waals surface area contributed by atoms with E-state index in [-0.39, 0.29) is 0 Å². The fourth-order valence-electron chi connectivity index (χ4n) is 2.59. The Hall–Kier alpha value is -2.42. The molecule has 3 aromatic rings. The van der Waals surface area contributed by atoms with E-state index < -0.39 is 0 Å². The Balaban J connectivity index is 1.49. The highest BCUT2D eigenvalue weighted by Gasteiger charge is 2.02. The Labute approximate surface area is 131 Å². The Kier molecular flexibility index (Phi) is 4.64. The zero-order valence-corrected chi connectivity index (χ0v) is 12.9. The van der Waals surface area contributed by atoms with Crippen molar-refractivity contribution in [1.29, 1.82) is 0 Å². The Morgan fingerprint density at radius 1 is 0.909 bits per heavy atom. The second-order valence-electron chi connectivity index (χ2n) is 5.30. The zero-order chi connectivity index (χ0) is 15.2. The number of unbranched alkanes of at least 4 members (excludes halogenated alkanes) is 1. The van der Waals surface area contributed by atoms with Gasteiger partial charge in [0.2, 0.25) is 0 Å². The maximum absolute atomic E-state index is 5.72. The van der Waals surface area contributed by atoms with Gasteiger partial charge in [-0.3, -0.25) is 0 Å². The number of aryl methyl sites for hydroxylation is 1. The maximum Gasteiger partial charge on any atom is 0.119 e. The molecule has 3 rings (SSSR count). The van der Waals surface area contributed by atoms with Crippen LogP contribution in [0.15, 0.2) is 60.8 Å². The second kappa shape index (κ2) is 7.03. The summed E-state index contributed by atoms with van der Waals surface area (Å²) in [4.78, 5) is 0. The van der Waals surface area contributed by atoms with Crippen molar-refractivity contribution >= 4 is 10.9 Å². The van der Waals surface area contributed by atoms with E-state index in [0.29, 0.717) is 0 Å². The molecule has 1 aromatic heterocycles. The molecule has 0 amide bonds. The average Bonchev–Trinajstić information content (AvgIpc) is 2.97. The van der Waals surface area contributed by atoms with Crippen molar-refractivity contribution in [3.05, 3.63) is 60.8 Å². The van der Waals surface area contributed by atoms with Gasteiger partial charge in [0, 0.05) is 23.6 Å². The molecule has 2 aromatic carbocycles. The molecular formula is C19H21NO2. The SMILES string of the molecule is COc1ccc2c(ccn2CCCCOc2ccccc2)c1. The predicted octanol–water partition coefficient (Wildman–Crippen LogP) is 4.51. The number of hydrogen-bond donors (Lipinski definition) is 0. The smallest absolute Gasteiger partial charge is 0.119 e. The molecule has 0 saturated heterocycles. The van der Waals surface area contributed by atoms with E-state index in [9.17, 15) is 0 Å². The molecule has 0 aliphatic heterocycles. The summed E-state index contributed by atoms with van der Waals surface area (Å²) in [5, 5.41) is 1.22. The van der Waals surface area contributed by atoms with Gasteiger partial charge in [-0.1, -0.05) is 18.2 Å². The van der Waals surface area contributed by atoms with Crippen LogP contribution in [0.4, 0.5) is 0 Å². The molecule has 0 atom stereocenters. The van der Waals surface area contributed by atoms with Gasteiger partial charge >= 0.3 is 0 Å². The summed E-state index contributed by atoms with van der Waals surface area (Å²) in [5.74, 6) is 1.85. The number of para-hydroxylation sites is 1. The fourth-order valence-corrected chi connectivity index (χ4v) is 2.59. The van der Waals surface area contributed by atoms with E-state index >= 15 is 0 Å². The van der Waals surface area contributed by atoms with Crippen molar-refractivity contribution in [2.45, 2.75) is 19.4 Å². The molecule has 0 radical (unpaired) electrons. The van der Waals surface area contributed by atoms with Crippen molar-refractivity contribution in [1.82, 2.24) is 4.57 Å². The van der Waals surface area contributed by atoms with Gasteiger partial charge in [-0.05, 0) is 49.2 Å². The summed E-state index contributed by atoms with van der Waals surface area (Å²) in [5.41, 5.74) is 1.25. The van der Waals surface area contributed by atoms with E-state index in [0.717, 1.165) is 37.5 Å². The molecular weight excluding hydrogens is 274 g/mol. The van der Waals surface area contributed by atoms with Gasteiger partial charge in [0.05, 0.1) is 13.7 Å². The van der Waals surface area contributed by atoms with Crippen molar-refractivity contribution < 1.29 is 9.47 Å². The van der Waals surface area contributed by atoms with Crippen LogP contribution in [-0.4, -0.2) is 18.3 Å². The van der Waals surface area contributed by atoms with Crippen molar-refractivity contribution in [2.24, 2.45) is 0 Å². The topological polar surface area (TPSA) is 23.4 Å². The molecule has 114 valence electrons. The quantitative estimate of drug-likeness (QED) is 0.599. The molecule has 0 aliphatic carbocycles. The van der Waals surface area contributed by atoms with Gasteiger partial charge in [-0.25, -0.2) is 0 Å². The lowest BCUT2D eigenvalue weighted by Gasteiger charge is -2.08. The maximum atomic E-state index is 5.72. The van der Waals surface area contributed by atoms with Crippen molar-refractivity contribution in [3.8, 4) is 11.5 Å². The summed E-state index contributed by atoms with van der Waals surface area (Å²) < 4.78 is 13.3. The highest BCUT2D eigenvalue weighted by atomic mass is 16.5. The molecule has 3 nitrogen and oxygen atoms in total. The van der Waals surface area contributed by atoms with Crippen LogP contribution < -0.4 is 9.47 Å². The molecule has 22 heavy (non-hydrogen) atoms. The minimum absolute atomic E-state index is 0.761. The molecule has 0 fully saturated rings. The first-order valence-electron chi connectivity index (χ1n) is 7.67. The average molecular weight is 295 g/mol. The summed E-state index contributed by atoms with van der Waals surface area (Å²) in [6, 6.07) is 18.3. The molecule has 0 unspecified atom stereocenters. The van der Waals surface area contributed by atoms with Crippen LogP contribution in [0.1, 0.15) is 12.8 Å². The van der Waals surface area contributed by atoms with E-state index in [4.69, 9.17) is 9.47 Å². The van der Waals surface area contributed by atoms with Crippen LogP contribution in [0.2, 0.25) is 0 Å². The number of nitrogens with zero attached hydrogens (tertiary/aromatic N) is 1. The summed E-state index contributed by atoms with van der Waals surface area (Å²) in [6.07, 6.45) is 4.29. The lowest BCUT2D eigenvalue weighted by Crippen LogP contribution is -2.01. The minimum atomic E-state index is 0.761. The highest BCUT2D eigenvalue weighted by Crippen LogP contribution is 2.22. The summed E-state index contributed by atoms with van der Waals surface area (Å²) in [6.45, 7) is 1.77. The highest BCUT2D eigenvalue weighted by molar-refractivity contribution is 5.81. The fraction of sp³-hybridized carbons (Fsp3) is 0.263. The molecule has 0 saturated carbocycles. The standard InChI is InChI=1S/C19H21NO2/c1-21-18-9-10-19-16(15-18)11-13-20(19)12-5-6-14-22-17-7-3-2-4-8-17/h2-4,7-11,13,15H,5-6,12,14H2,1H3. The normalized spacial score (nSPS) is 10.8. The van der Waals surface area contributed by atoms with E-state index in [1.165, 1.54) is 10.9 Å². The van der Waals surface area contributed by atoms with Crippen molar-refractivity contribution in [3.63, 3.8) is 0 Å². The number of hydrogen-bond acceptors (Lipinski definition) is 2. The first-order chi connectivity index (χ1) is 10.9. The van der Waals surface area contributed by atoms with E-state index in [2.05, 4.69) is 29.0 Å². The first kappa shape index (κ1) is 14.5. The van der Waals surface area contributed by atoms with Gasteiger partial charge in [-0.2, -0.15) is 0 Å². The molecule has 3 heteroatoms. The number of ether oxygens (including phenoxy) is 2. The number of methoxy groups -OCH3 is 1. The summed E-state index contributed by atoms with van der Waals surface area (Å²) >= 11 is 0. The third kappa shape index (κ3) is 3.42. The van der Waals surface area contributed by atoms with Gasteiger partial charge in [0.15, 0.2) is 0 Å². The van der Waals surface area contributed by atoms with Gasteiger partial charge in [-0.15, -0.1) is 0 Å². The first-order valence-corrected chi connectivity index (χ1v) is 7.67. The zero-order valence-electron chi connectivity index (χ0n) is 12.9. The minimum Gasteiger partial charge on any atom is -0.497 e. The van der Waals surface area contributed by atoms with Crippen LogP contribution in [0.5, 0.6) is 11.5 Å². The monoisotopic (exact) mass is 295 g/mol. The number of rotatable bonds is 7. The molecule has 0 bridgehead atoms. The predicted molar refractivity (Wildman–Crippen MR) is 89.7 cm³/mol. The van der Waals surface area contributed by atoms with Crippen LogP contribution in [0.25, 0.3) is 10.9 Å². The van der Waals surface area contributed by atoms with E-state index in [1.807, 2.05) is 36.4 Å². The van der Waals surface area contributed by atoms with Crippen LogP contribution in [0.3, 0.4) is 0 Å². The second-order valence-corrected chi connectivity index (χ2v) is 5.30.